The van der Waals surface area contributed by atoms with Gasteiger partial charge in [-0.15, -0.1) is 0 Å². The largest absolute Gasteiger partial charge is 0.380 e. The maximum atomic E-state index is 9.06. The van der Waals surface area contributed by atoms with Gasteiger partial charge in [0.1, 0.15) is 12.1 Å². The summed E-state index contributed by atoms with van der Waals surface area (Å²) in [5.41, 5.74) is 3.47. The van der Waals surface area contributed by atoms with Gasteiger partial charge in [0.2, 0.25) is 0 Å². The Balaban J connectivity index is 1.67. The molecule has 0 atom stereocenters. The molecule has 0 saturated heterocycles. The zero-order valence-corrected chi connectivity index (χ0v) is 14.5. The molecule has 0 spiro atoms. The van der Waals surface area contributed by atoms with Gasteiger partial charge >= 0.3 is 0 Å². The van der Waals surface area contributed by atoms with Crippen LogP contribution in [-0.2, 0) is 11.3 Å². The number of fused-ring (bicyclic) bond motifs is 1. The maximum absolute atomic E-state index is 9.06. The van der Waals surface area contributed by atoms with E-state index in [2.05, 4.69) is 33.2 Å². The van der Waals surface area contributed by atoms with Crippen molar-refractivity contribution in [2.75, 3.05) is 19.0 Å². The first-order valence-corrected chi connectivity index (χ1v) is 8.26. The molecule has 0 unspecified atom stereocenters. The summed E-state index contributed by atoms with van der Waals surface area (Å²) < 4.78 is 5.20. The number of hydrogen-bond acceptors (Lipinski definition) is 5. The summed E-state index contributed by atoms with van der Waals surface area (Å²) in [6, 6.07) is 15.5. The summed E-state index contributed by atoms with van der Waals surface area (Å²) in [4.78, 5) is 8.51. The highest BCUT2D eigenvalue weighted by Gasteiger charge is 2.04. The van der Waals surface area contributed by atoms with Crippen molar-refractivity contribution < 1.29 is 4.74 Å². The highest BCUT2D eigenvalue weighted by Crippen LogP contribution is 2.20. The maximum Gasteiger partial charge on any atom is 0.137 e. The van der Waals surface area contributed by atoms with Crippen molar-refractivity contribution in [1.29, 1.82) is 5.26 Å². The van der Waals surface area contributed by atoms with Gasteiger partial charge in [0, 0.05) is 31.0 Å². The van der Waals surface area contributed by atoms with Gasteiger partial charge in [-0.2, -0.15) is 5.26 Å². The fourth-order valence-corrected chi connectivity index (χ4v) is 2.59. The third-order valence-corrected chi connectivity index (χ3v) is 3.85. The molecule has 0 radical (unpaired) electrons. The lowest BCUT2D eigenvalue weighted by atomic mass is 10.1. The van der Waals surface area contributed by atoms with Crippen LogP contribution in [0.15, 0.2) is 48.8 Å². The number of methoxy groups -OCH3 is 1. The van der Waals surface area contributed by atoms with Crippen LogP contribution in [0.4, 0.5) is 5.82 Å². The summed E-state index contributed by atoms with van der Waals surface area (Å²) in [6.45, 7) is 1.21. The van der Waals surface area contributed by atoms with Crippen LogP contribution in [0.1, 0.15) is 23.1 Å². The Hall–Kier alpha value is -3.41. The van der Waals surface area contributed by atoms with Crippen LogP contribution in [0.5, 0.6) is 0 Å². The van der Waals surface area contributed by atoms with Crippen LogP contribution in [0.25, 0.3) is 10.9 Å². The van der Waals surface area contributed by atoms with Crippen molar-refractivity contribution in [2.45, 2.75) is 13.0 Å². The normalized spacial score (nSPS) is 10.0. The molecule has 3 aromatic rings. The molecule has 0 aliphatic carbocycles. The Kier molecular flexibility index (Phi) is 5.77. The number of benzene rings is 2. The zero-order chi connectivity index (χ0) is 18.2. The van der Waals surface area contributed by atoms with Gasteiger partial charge in [-0.05, 0) is 29.8 Å². The van der Waals surface area contributed by atoms with E-state index in [0.717, 1.165) is 22.0 Å². The van der Waals surface area contributed by atoms with Crippen LogP contribution < -0.4 is 5.32 Å². The number of nitriles is 1. The average molecular weight is 342 g/mol. The number of hydrogen-bond donors (Lipinski definition) is 1. The van der Waals surface area contributed by atoms with Gasteiger partial charge in [0.05, 0.1) is 23.8 Å². The van der Waals surface area contributed by atoms with E-state index in [0.29, 0.717) is 31.0 Å². The molecule has 1 N–H and O–H groups in total. The van der Waals surface area contributed by atoms with Gasteiger partial charge in [-0.25, -0.2) is 9.97 Å². The Morgan fingerprint density at radius 2 is 2.04 bits per heavy atom. The van der Waals surface area contributed by atoms with E-state index in [9.17, 15) is 0 Å². The summed E-state index contributed by atoms with van der Waals surface area (Å²) >= 11 is 0. The predicted octanol–water partition coefficient (Wildman–Crippen LogP) is 3.50. The lowest BCUT2D eigenvalue weighted by molar-refractivity contribution is 0.184. The third kappa shape index (κ3) is 4.16. The second-order valence-corrected chi connectivity index (χ2v) is 5.63. The van der Waals surface area contributed by atoms with E-state index >= 15 is 0 Å². The first-order chi connectivity index (χ1) is 12.8. The topological polar surface area (TPSA) is 70.8 Å². The molecule has 0 amide bonds. The lowest BCUT2D eigenvalue weighted by Crippen LogP contribution is -2.03. The Morgan fingerprint density at radius 1 is 1.15 bits per heavy atom. The molecule has 0 bridgehead atoms. The molecule has 0 fully saturated rings. The van der Waals surface area contributed by atoms with E-state index in [1.54, 1.807) is 19.2 Å². The number of nitrogens with zero attached hydrogens (tertiary/aromatic N) is 3. The molecule has 128 valence electrons. The molecule has 1 aromatic heterocycles. The molecule has 0 aliphatic heterocycles. The first kappa shape index (κ1) is 17.4. The molecular formula is C21H18N4O. The Morgan fingerprint density at radius 3 is 2.88 bits per heavy atom. The fourth-order valence-electron chi connectivity index (χ4n) is 2.59. The molecule has 5 nitrogen and oxygen atoms in total. The van der Waals surface area contributed by atoms with Crippen LogP contribution in [0.2, 0.25) is 0 Å². The quantitative estimate of drug-likeness (QED) is 0.567. The van der Waals surface area contributed by atoms with Crippen molar-refractivity contribution in [3.05, 3.63) is 65.5 Å². The van der Waals surface area contributed by atoms with Gasteiger partial charge in [0.25, 0.3) is 0 Å². The van der Waals surface area contributed by atoms with Crippen LogP contribution in [0.3, 0.4) is 0 Å². The number of ether oxygens (including phenoxy) is 1. The molecule has 2 aromatic carbocycles. The number of anilines is 1. The summed E-state index contributed by atoms with van der Waals surface area (Å²) in [7, 11) is 1.68. The molecule has 0 saturated carbocycles. The molecule has 26 heavy (non-hydrogen) atoms. The van der Waals surface area contributed by atoms with E-state index in [4.69, 9.17) is 10.00 Å². The smallest absolute Gasteiger partial charge is 0.137 e. The van der Waals surface area contributed by atoms with E-state index in [1.165, 1.54) is 6.33 Å². The molecule has 0 aliphatic rings. The van der Waals surface area contributed by atoms with Gasteiger partial charge < -0.3 is 10.1 Å². The SMILES string of the molecule is COCc1ccccc1C#CCCNc1ncnc2ccc(C#N)cc12. The second kappa shape index (κ2) is 8.62. The van der Waals surface area contributed by atoms with Gasteiger partial charge in [0.15, 0.2) is 0 Å². The molecule has 3 rings (SSSR count). The minimum Gasteiger partial charge on any atom is -0.380 e. The van der Waals surface area contributed by atoms with Crippen LogP contribution >= 0.6 is 0 Å². The Bertz CT molecular complexity index is 1010. The average Bonchev–Trinajstić information content (AvgIpc) is 2.69. The monoisotopic (exact) mass is 342 g/mol. The van der Waals surface area contributed by atoms with E-state index < -0.39 is 0 Å². The molecular weight excluding hydrogens is 324 g/mol. The molecule has 5 heteroatoms. The van der Waals surface area contributed by atoms with E-state index in [1.807, 2.05) is 30.3 Å². The molecule has 1 heterocycles. The van der Waals surface area contributed by atoms with Gasteiger partial charge in [-0.1, -0.05) is 30.0 Å². The summed E-state index contributed by atoms with van der Waals surface area (Å²) in [5.74, 6) is 7.09. The van der Waals surface area contributed by atoms with Crippen molar-refractivity contribution in [1.82, 2.24) is 9.97 Å². The second-order valence-electron chi connectivity index (χ2n) is 5.63. The minimum absolute atomic E-state index is 0.553. The van der Waals surface area contributed by atoms with Crippen molar-refractivity contribution in [3.63, 3.8) is 0 Å². The summed E-state index contributed by atoms with van der Waals surface area (Å²) in [6.07, 6.45) is 2.19. The number of rotatable bonds is 5. The van der Waals surface area contributed by atoms with Crippen LogP contribution in [0, 0.1) is 23.2 Å². The minimum atomic E-state index is 0.553. The van der Waals surface area contributed by atoms with Crippen molar-refractivity contribution in [3.8, 4) is 17.9 Å². The number of aromatic nitrogens is 2. The fraction of sp³-hybridized carbons (Fsp3) is 0.190. The van der Waals surface area contributed by atoms with Crippen LogP contribution in [-0.4, -0.2) is 23.6 Å². The first-order valence-electron chi connectivity index (χ1n) is 8.26. The number of nitrogens with one attached hydrogen (secondary N) is 1. The van der Waals surface area contributed by atoms with Gasteiger partial charge in [-0.3, -0.25) is 0 Å². The Labute approximate surface area is 152 Å². The highest BCUT2D eigenvalue weighted by atomic mass is 16.5. The van der Waals surface area contributed by atoms with Crippen molar-refractivity contribution >= 4 is 16.7 Å². The predicted molar refractivity (Wildman–Crippen MR) is 101 cm³/mol. The third-order valence-electron chi connectivity index (χ3n) is 3.85. The summed E-state index contributed by atoms with van der Waals surface area (Å²) in [5, 5.41) is 13.2. The zero-order valence-electron chi connectivity index (χ0n) is 14.5. The highest BCUT2D eigenvalue weighted by molar-refractivity contribution is 5.89. The van der Waals surface area contributed by atoms with Crippen molar-refractivity contribution in [2.24, 2.45) is 0 Å². The lowest BCUT2D eigenvalue weighted by Gasteiger charge is -2.06. The standard InChI is InChI=1S/C21H18N4O/c1-26-14-18-8-3-2-6-17(18)7-4-5-11-23-21-19-12-16(13-22)9-10-20(19)24-15-25-21/h2-3,6,8-10,12,15H,5,11,14H2,1H3,(H,23,24,25). The van der Waals surface area contributed by atoms with E-state index in [-0.39, 0.29) is 0 Å².